The predicted octanol–water partition coefficient (Wildman–Crippen LogP) is 2.41. The van der Waals surface area contributed by atoms with Gasteiger partial charge in [-0.25, -0.2) is 8.78 Å². The molecule has 0 saturated carbocycles. The summed E-state index contributed by atoms with van der Waals surface area (Å²) in [7, 11) is 0. The molecule has 0 spiro atoms. The molecule has 1 heterocycles. The molecule has 0 aromatic carbocycles. The lowest BCUT2D eigenvalue weighted by Gasteiger charge is -2.09. The Hall–Kier alpha value is -1.23. The van der Waals surface area contributed by atoms with E-state index in [0.717, 1.165) is 6.20 Å². The molecule has 1 aromatic heterocycles. The van der Waals surface area contributed by atoms with Gasteiger partial charge in [0.25, 0.3) is 11.7 Å². The molecule has 1 rings (SSSR count). The number of pyridine rings is 1. The van der Waals surface area contributed by atoms with Crippen molar-refractivity contribution >= 4 is 16.8 Å². The quantitative estimate of drug-likeness (QED) is 0.781. The van der Waals surface area contributed by atoms with Gasteiger partial charge < -0.3 is 5.11 Å². The Morgan fingerprint density at radius 1 is 1.64 bits per heavy atom. The molecular weight excluding hydrogens is 216 g/mol. The van der Waals surface area contributed by atoms with Gasteiger partial charge in [-0.15, -0.1) is 0 Å². The number of rotatable bonds is 2. The van der Waals surface area contributed by atoms with Crippen molar-refractivity contribution in [1.82, 2.24) is 4.98 Å². The third-order valence-corrected chi connectivity index (χ3v) is 1.90. The zero-order valence-electron chi connectivity index (χ0n) is 7.09. The van der Waals surface area contributed by atoms with Crippen LogP contribution in [0, 0.1) is 6.92 Å². The normalized spacial score (nSPS) is 10.6. The molecule has 3 nitrogen and oxygen atoms in total. The van der Waals surface area contributed by atoms with E-state index in [9.17, 15) is 13.6 Å². The first-order valence-electron chi connectivity index (χ1n) is 3.61. The number of alkyl halides is 2. The van der Waals surface area contributed by atoms with Gasteiger partial charge in [0.1, 0.15) is 5.75 Å². The molecule has 76 valence electrons. The van der Waals surface area contributed by atoms with Crippen LogP contribution < -0.4 is 0 Å². The van der Waals surface area contributed by atoms with E-state index < -0.39 is 28.5 Å². The summed E-state index contributed by atoms with van der Waals surface area (Å²) in [5.41, 5.74) is -1.22. The minimum Gasteiger partial charge on any atom is -0.506 e. The molecule has 0 saturated heterocycles. The molecular formula is C8H6ClF2NO2. The molecule has 0 aliphatic rings. The molecule has 1 aromatic rings. The lowest BCUT2D eigenvalue weighted by Crippen LogP contribution is -2.03. The summed E-state index contributed by atoms with van der Waals surface area (Å²) in [6.07, 6.45) is -1.98. The van der Waals surface area contributed by atoms with Crippen molar-refractivity contribution in [3.63, 3.8) is 0 Å². The van der Waals surface area contributed by atoms with Crippen LogP contribution in [0.1, 0.15) is 28.0 Å². The maximum atomic E-state index is 12.5. The van der Waals surface area contributed by atoms with E-state index in [-0.39, 0.29) is 5.69 Å². The van der Waals surface area contributed by atoms with Gasteiger partial charge in [0.15, 0.2) is 0 Å². The van der Waals surface area contributed by atoms with Gasteiger partial charge in [0.2, 0.25) is 0 Å². The van der Waals surface area contributed by atoms with Crippen LogP contribution in [-0.4, -0.2) is 15.3 Å². The van der Waals surface area contributed by atoms with Gasteiger partial charge >= 0.3 is 0 Å². The molecule has 0 radical (unpaired) electrons. The predicted molar refractivity (Wildman–Crippen MR) is 45.8 cm³/mol. The second kappa shape index (κ2) is 3.88. The van der Waals surface area contributed by atoms with Crippen LogP contribution in [0.15, 0.2) is 6.20 Å². The van der Waals surface area contributed by atoms with E-state index in [4.69, 9.17) is 16.7 Å². The molecule has 6 heteroatoms. The third-order valence-electron chi connectivity index (χ3n) is 1.71. The van der Waals surface area contributed by atoms with Gasteiger partial charge in [-0.3, -0.25) is 9.78 Å². The van der Waals surface area contributed by atoms with Crippen molar-refractivity contribution in [2.24, 2.45) is 0 Å². The number of aromatic hydroxyl groups is 1. The summed E-state index contributed by atoms with van der Waals surface area (Å²) in [5, 5.41) is 8.01. The Kier molecular flexibility index (Phi) is 3.00. The Morgan fingerprint density at radius 2 is 2.21 bits per heavy atom. The van der Waals surface area contributed by atoms with Gasteiger partial charge in [-0.05, 0) is 18.5 Å². The smallest absolute Gasteiger partial charge is 0.266 e. The Bertz CT molecular complexity index is 382. The average Bonchev–Trinajstić information content (AvgIpc) is 2.07. The summed E-state index contributed by atoms with van der Waals surface area (Å²) in [6.45, 7) is 1.31. The van der Waals surface area contributed by atoms with Gasteiger partial charge in [0, 0.05) is 5.69 Å². The number of aryl methyl sites for hydroxylation is 1. The van der Waals surface area contributed by atoms with Crippen LogP contribution in [0.4, 0.5) is 8.78 Å². The van der Waals surface area contributed by atoms with E-state index in [1.165, 1.54) is 6.92 Å². The zero-order chi connectivity index (χ0) is 10.9. The summed E-state index contributed by atoms with van der Waals surface area (Å²) >= 11 is 5.07. The van der Waals surface area contributed by atoms with E-state index in [1.54, 1.807) is 0 Å². The summed E-state index contributed by atoms with van der Waals surface area (Å²) < 4.78 is 24.9. The van der Waals surface area contributed by atoms with Gasteiger partial charge in [-0.1, -0.05) is 0 Å². The van der Waals surface area contributed by atoms with Crippen molar-refractivity contribution in [1.29, 1.82) is 0 Å². The molecule has 0 aliphatic carbocycles. The first kappa shape index (κ1) is 10.8. The van der Waals surface area contributed by atoms with Gasteiger partial charge in [-0.2, -0.15) is 0 Å². The molecule has 0 amide bonds. The largest absolute Gasteiger partial charge is 0.506 e. The maximum Gasteiger partial charge on any atom is 0.266 e. The number of halogens is 3. The number of carbonyl (C=O) groups excluding carboxylic acids is 1. The molecule has 0 aliphatic heterocycles. The molecule has 0 fully saturated rings. The average molecular weight is 222 g/mol. The molecule has 0 bridgehead atoms. The molecule has 14 heavy (non-hydrogen) atoms. The van der Waals surface area contributed by atoms with Crippen molar-refractivity contribution in [2.75, 3.05) is 0 Å². The van der Waals surface area contributed by atoms with E-state index >= 15 is 0 Å². The summed E-state index contributed by atoms with van der Waals surface area (Å²) in [6, 6.07) is 0. The molecule has 1 N–H and O–H groups in total. The maximum absolute atomic E-state index is 12.5. The summed E-state index contributed by atoms with van der Waals surface area (Å²) in [4.78, 5) is 14.3. The fraction of sp³-hybridized carbons (Fsp3) is 0.250. The van der Waals surface area contributed by atoms with Crippen molar-refractivity contribution in [2.45, 2.75) is 13.3 Å². The lowest BCUT2D eigenvalue weighted by atomic mass is 10.1. The van der Waals surface area contributed by atoms with Crippen LogP contribution >= 0.6 is 11.6 Å². The van der Waals surface area contributed by atoms with E-state index in [0.29, 0.717) is 0 Å². The highest BCUT2D eigenvalue weighted by molar-refractivity contribution is 6.68. The zero-order valence-corrected chi connectivity index (χ0v) is 7.85. The second-order valence-electron chi connectivity index (χ2n) is 2.59. The van der Waals surface area contributed by atoms with Crippen LogP contribution in [-0.2, 0) is 0 Å². The first-order valence-corrected chi connectivity index (χ1v) is 3.99. The molecule has 0 unspecified atom stereocenters. The highest BCUT2D eigenvalue weighted by Gasteiger charge is 2.23. The van der Waals surface area contributed by atoms with Crippen LogP contribution in [0.5, 0.6) is 5.75 Å². The van der Waals surface area contributed by atoms with Crippen molar-refractivity contribution < 1.29 is 18.7 Å². The SMILES string of the molecule is Cc1ncc(O)c(C(=O)Cl)c1C(F)F. The minimum atomic E-state index is -2.90. The third kappa shape index (κ3) is 1.82. The number of carbonyl (C=O) groups is 1. The van der Waals surface area contributed by atoms with E-state index in [2.05, 4.69) is 4.98 Å². The number of nitrogens with zero attached hydrogens (tertiary/aromatic N) is 1. The number of aromatic nitrogens is 1. The first-order chi connectivity index (χ1) is 6.45. The standard InChI is InChI=1S/C8H6ClF2NO2/c1-3-5(8(10)11)6(7(9)14)4(13)2-12-3/h2,8,13H,1H3. The highest BCUT2D eigenvalue weighted by Crippen LogP contribution is 2.31. The van der Waals surface area contributed by atoms with Crippen LogP contribution in [0.3, 0.4) is 0 Å². The van der Waals surface area contributed by atoms with Crippen LogP contribution in [0.2, 0.25) is 0 Å². The van der Waals surface area contributed by atoms with E-state index in [1.807, 2.05) is 0 Å². The van der Waals surface area contributed by atoms with Crippen molar-refractivity contribution in [3.05, 3.63) is 23.0 Å². The number of hydrogen-bond acceptors (Lipinski definition) is 3. The second-order valence-corrected chi connectivity index (χ2v) is 2.94. The molecule has 0 atom stereocenters. The van der Waals surface area contributed by atoms with Crippen LogP contribution in [0.25, 0.3) is 0 Å². The summed E-state index contributed by atoms with van der Waals surface area (Å²) in [5.74, 6) is -0.633. The Morgan fingerprint density at radius 3 is 2.57 bits per heavy atom. The van der Waals surface area contributed by atoms with Crippen molar-refractivity contribution in [3.8, 4) is 5.75 Å². The fourth-order valence-corrected chi connectivity index (χ4v) is 1.28. The Labute approximate surface area is 83.3 Å². The fourth-order valence-electron chi connectivity index (χ4n) is 1.08. The highest BCUT2D eigenvalue weighted by atomic mass is 35.5. The van der Waals surface area contributed by atoms with Gasteiger partial charge in [0.05, 0.1) is 17.3 Å². The monoisotopic (exact) mass is 221 g/mol. The Balaban J connectivity index is 3.50. The number of hydrogen-bond donors (Lipinski definition) is 1. The lowest BCUT2D eigenvalue weighted by molar-refractivity contribution is 0.106. The minimum absolute atomic E-state index is 0.0261. The topological polar surface area (TPSA) is 50.2 Å².